The number of aliphatic hydroxyl groups is 2. The van der Waals surface area contributed by atoms with Crippen LogP contribution in [0, 0.1) is 0 Å². The van der Waals surface area contributed by atoms with Gasteiger partial charge in [-0.05, 0) is 26.1 Å². The van der Waals surface area contributed by atoms with E-state index in [9.17, 15) is 5.11 Å². The van der Waals surface area contributed by atoms with Crippen LogP contribution in [-0.2, 0) is 0 Å². The maximum Gasteiger partial charge on any atom is 0.0574 e. The summed E-state index contributed by atoms with van der Waals surface area (Å²) in [4.78, 5) is 0. The molecule has 0 aromatic rings. The summed E-state index contributed by atoms with van der Waals surface area (Å²) < 4.78 is 2.06. The highest BCUT2D eigenvalue weighted by atomic mass is 32.2. The molecule has 0 spiro atoms. The summed E-state index contributed by atoms with van der Waals surface area (Å²) in [5.74, 6) is 0. The van der Waals surface area contributed by atoms with Crippen LogP contribution in [-0.4, -0.2) is 47.1 Å². The molecule has 0 aliphatic rings. The van der Waals surface area contributed by atoms with Crippen LogP contribution in [0.2, 0.25) is 0 Å². The lowest BCUT2D eigenvalue weighted by atomic mass is 10.2. The van der Waals surface area contributed by atoms with E-state index in [4.69, 9.17) is 5.11 Å². The molecule has 0 aliphatic carbocycles. The summed E-state index contributed by atoms with van der Waals surface area (Å²) >= 11 is 1.64. The van der Waals surface area contributed by atoms with Crippen LogP contribution in [0.15, 0.2) is 0 Å². The lowest BCUT2D eigenvalue weighted by Gasteiger charge is -2.14. The van der Waals surface area contributed by atoms with Gasteiger partial charge in [0.2, 0.25) is 0 Å². The van der Waals surface area contributed by atoms with E-state index in [2.05, 4.69) is 4.31 Å². The first-order valence-corrected chi connectivity index (χ1v) is 4.93. The molecule has 0 aromatic heterocycles. The van der Waals surface area contributed by atoms with Crippen LogP contribution in [0.25, 0.3) is 0 Å². The molecule has 3 nitrogen and oxygen atoms in total. The van der Waals surface area contributed by atoms with Crippen LogP contribution in [0.1, 0.15) is 12.8 Å². The normalized spacial score (nSPS) is 13.9. The minimum Gasteiger partial charge on any atom is -0.396 e. The maximum atomic E-state index is 9.20. The lowest BCUT2D eigenvalue weighted by molar-refractivity contribution is 0.121. The van der Waals surface area contributed by atoms with Gasteiger partial charge in [-0.25, -0.2) is 0 Å². The molecule has 0 heterocycles. The highest BCUT2D eigenvalue weighted by Gasteiger charge is 2.04. The van der Waals surface area contributed by atoms with Crippen molar-refractivity contribution in [1.82, 2.24) is 4.31 Å². The van der Waals surface area contributed by atoms with Crippen LogP contribution >= 0.6 is 11.9 Å². The van der Waals surface area contributed by atoms with E-state index < -0.39 is 0 Å². The van der Waals surface area contributed by atoms with Gasteiger partial charge >= 0.3 is 0 Å². The first-order valence-electron chi connectivity index (χ1n) is 3.75. The number of hydrogen-bond acceptors (Lipinski definition) is 4. The molecule has 0 aromatic carbocycles. The smallest absolute Gasteiger partial charge is 0.0574 e. The van der Waals surface area contributed by atoms with E-state index in [1.54, 1.807) is 11.9 Å². The zero-order valence-corrected chi connectivity index (χ0v) is 7.97. The van der Waals surface area contributed by atoms with Gasteiger partial charge in [-0.3, -0.25) is 4.31 Å². The Hall–Kier alpha value is 0.230. The molecule has 0 radical (unpaired) electrons. The SMILES string of the molecule is CSN(C)CCC(O)CCO. The minimum atomic E-state index is -0.352. The molecule has 1 atom stereocenters. The van der Waals surface area contributed by atoms with Gasteiger partial charge in [0.1, 0.15) is 0 Å². The molecule has 0 saturated heterocycles. The third-order valence-corrected chi connectivity index (χ3v) is 2.36. The standard InChI is InChI=1S/C7H17NO2S/c1-8(11-2)5-3-7(10)4-6-9/h7,9-10H,3-6H2,1-2H3. The van der Waals surface area contributed by atoms with Crippen molar-refractivity contribution in [3.8, 4) is 0 Å². The second kappa shape index (κ2) is 6.91. The van der Waals surface area contributed by atoms with Crippen molar-refractivity contribution in [2.24, 2.45) is 0 Å². The largest absolute Gasteiger partial charge is 0.396 e. The molecule has 11 heavy (non-hydrogen) atoms. The number of aliphatic hydroxyl groups excluding tert-OH is 2. The fourth-order valence-electron chi connectivity index (χ4n) is 0.715. The molecular formula is C7H17NO2S. The minimum absolute atomic E-state index is 0.0736. The molecule has 0 aliphatic heterocycles. The average Bonchev–Trinajstić information content (AvgIpc) is 2.01. The Morgan fingerprint density at radius 2 is 2.09 bits per heavy atom. The third-order valence-electron chi connectivity index (χ3n) is 1.55. The second-order valence-electron chi connectivity index (χ2n) is 2.49. The molecule has 0 amide bonds. The Bertz CT molecular complexity index is 92.5. The molecule has 0 bridgehead atoms. The van der Waals surface area contributed by atoms with Crippen molar-refractivity contribution in [1.29, 1.82) is 0 Å². The zero-order valence-electron chi connectivity index (χ0n) is 7.16. The average molecular weight is 179 g/mol. The maximum absolute atomic E-state index is 9.20. The van der Waals surface area contributed by atoms with Gasteiger partial charge in [0.15, 0.2) is 0 Å². The first-order chi connectivity index (χ1) is 5.20. The van der Waals surface area contributed by atoms with Gasteiger partial charge in [-0.1, -0.05) is 11.9 Å². The molecule has 0 rings (SSSR count). The van der Waals surface area contributed by atoms with Crippen LogP contribution < -0.4 is 0 Å². The number of hydrogen-bond donors (Lipinski definition) is 2. The molecule has 4 heteroatoms. The fraction of sp³-hybridized carbons (Fsp3) is 1.00. The Kier molecular flexibility index (Phi) is 7.06. The van der Waals surface area contributed by atoms with Crippen molar-refractivity contribution in [3.05, 3.63) is 0 Å². The van der Waals surface area contributed by atoms with E-state index in [-0.39, 0.29) is 12.7 Å². The summed E-state index contributed by atoms with van der Waals surface area (Å²) in [6.07, 6.45) is 2.87. The van der Waals surface area contributed by atoms with Crippen LogP contribution in [0.3, 0.4) is 0 Å². The number of rotatable bonds is 6. The lowest BCUT2D eigenvalue weighted by Crippen LogP contribution is -2.18. The Morgan fingerprint density at radius 3 is 2.55 bits per heavy atom. The number of nitrogens with zero attached hydrogens (tertiary/aromatic N) is 1. The molecule has 68 valence electrons. The molecule has 1 unspecified atom stereocenters. The van der Waals surface area contributed by atoms with Crippen molar-refractivity contribution >= 4 is 11.9 Å². The van der Waals surface area contributed by atoms with Gasteiger partial charge in [-0.2, -0.15) is 0 Å². The Balaban J connectivity index is 3.22. The van der Waals surface area contributed by atoms with Crippen molar-refractivity contribution in [2.75, 3.05) is 26.5 Å². The second-order valence-corrected chi connectivity index (χ2v) is 3.48. The quantitative estimate of drug-likeness (QED) is 0.577. The summed E-state index contributed by atoms with van der Waals surface area (Å²) in [5, 5.41) is 17.7. The van der Waals surface area contributed by atoms with Crippen molar-refractivity contribution in [2.45, 2.75) is 18.9 Å². The van der Waals surface area contributed by atoms with Gasteiger partial charge in [-0.15, -0.1) is 0 Å². The Labute approximate surface area is 72.5 Å². The molecule has 0 fully saturated rings. The molecule has 2 N–H and O–H groups in total. The monoisotopic (exact) mass is 179 g/mol. The van der Waals surface area contributed by atoms with E-state index in [1.807, 2.05) is 13.3 Å². The fourth-order valence-corrected chi connectivity index (χ4v) is 1.00. The van der Waals surface area contributed by atoms with E-state index in [0.29, 0.717) is 6.42 Å². The summed E-state index contributed by atoms with van der Waals surface area (Å²) in [6, 6.07) is 0. The van der Waals surface area contributed by atoms with Gasteiger partial charge in [0.25, 0.3) is 0 Å². The van der Waals surface area contributed by atoms with Crippen LogP contribution in [0.5, 0.6) is 0 Å². The summed E-state index contributed by atoms with van der Waals surface area (Å²) in [5.41, 5.74) is 0. The summed E-state index contributed by atoms with van der Waals surface area (Å²) in [7, 11) is 1.98. The van der Waals surface area contributed by atoms with E-state index in [1.165, 1.54) is 0 Å². The predicted octanol–water partition coefficient (Wildman–Crippen LogP) is 0.330. The van der Waals surface area contributed by atoms with Crippen LogP contribution in [0.4, 0.5) is 0 Å². The van der Waals surface area contributed by atoms with Crippen molar-refractivity contribution < 1.29 is 10.2 Å². The van der Waals surface area contributed by atoms with Gasteiger partial charge < -0.3 is 10.2 Å². The van der Waals surface area contributed by atoms with Gasteiger partial charge in [0.05, 0.1) is 6.10 Å². The Morgan fingerprint density at radius 1 is 1.45 bits per heavy atom. The topological polar surface area (TPSA) is 43.7 Å². The van der Waals surface area contributed by atoms with E-state index in [0.717, 1.165) is 13.0 Å². The first kappa shape index (κ1) is 11.2. The van der Waals surface area contributed by atoms with E-state index >= 15 is 0 Å². The molecular weight excluding hydrogens is 162 g/mol. The summed E-state index contributed by atoms with van der Waals surface area (Å²) in [6.45, 7) is 0.937. The zero-order chi connectivity index (χ0) is 8.69. The highest BCUT2D eigenvalue weighted by molar-refractivity contribution is 7.96. The predicted molar refractivity (Wildman–Crippen MR) is 48.5 cm³/mol. The third kappa shape index (κ3) is 6.62. The highest BCUT2D eigenvalue weighted by Crippen LogP contribution is 2.04. The molecule has 0 saturated carbocycles. The van der Waals surface area contributed by atoms with Gasteiger partial charge in [0, 0.05) is 13.2 Å². The van der Waals surface area contributed by atoms with Crippen molar-refractivity contribution in [3.63, 3.8) is 0 Å².